The number of ether oxygens (including phenoxy) is 2. The number of benzene rings is 1. The van der Waals surface area contributed by atoms with Gasteiger partial charge in [-0.1, -0.05) is 0 Å². The molecule has 1 fully saturated rings. The van der Waals surface area contributed by atoms with Gasteiger partial charge >= 0.3 is 0 Å². The molecule has 29 heavy (non-hydrogen) atoms. The summed E-state index contributed by atoms with van der Waals surface area (Å²) in [7, 11) is 0. The number of amides is 2. The van der Waals surface area contributed by atoms with Crippen molar-refractivity contribution in [2.24, 2.45) is 0 Å². The van der Waals surface area contributed by atoms with Crippen LogP contribution in [0.4, 0.5) is 4.39 Å². The van der Waals surface area contributed by atoms with Crippen molar-refractivity contribution in [2.75, 3.05) is 26.3 Å². The van der Waals surface area contributed by atoms with E-state index in [0.29, 0.717) is 38.3 Å². The van der Waals surface area contributed by atoms with Gasteiger partial charge in [-0.15, -0.1) is 0 Å². The Morgan fingerprint density at radius 2 is 2.00 bits per heavy atom. The SMILES string of the molecule is O=C(NC1CC2(CN(C(=O)C3=COCCO3)C2)n2ccnc21)c1ccc(F)cc1. The first-order valence-corrected chi connectivity index (χ1v) is 9.40. The standard InChI is InChI=1S/C20H19FN4O4/c21-14-3-1-13(2-4-14)18(26)23-15-9-20(25-6-5-22-17(15)25)11-24(12-20)19(27)16-10-28-7-8-29-16/h1-6,10,15H,7-9,11-12H2,(H,23,26). The lowest BCUT2D eigenvalue weighted by Gasteiger charge is -2.49. The van der Waals surface area contributed by atoms with Gasteiger partial charge in [-0.05, 0) is 24.3 Å². The molecule has 1 N–H and O–H groups in total. The molecule has 8 nitrogen and oxygen atoms in total. The van der Waals surface area contributed by atoms with E-state index in [2.05, 4.69) is 10.3 Å². The van der Waals surface area contributed by atoms with Crippen LogP contribution in [0, 0.1) is 5.82 Å². The Bertz CT molecular complexity index is 994. The summed E-state index contributed by atoms with van der Waals surface area (Å²) in [6.07, 6.45) is 5.56. The molecular formula is C20H19FN4O4. The van der Waals surface area contributed by atoms with Gasteiger partial charge in [-0.2, -0.15) is 0 Å². The summed E-state index contributed by atoms with van der Waals surface area (Å²) in [6.45, 7) is 1.80. The Morgan fingerprint density at radius 1 is 1.21 bits per heavy atom. The molecule has 1 saturated heterocycles. The zero-order chi connectivity index (χ0) is 20.0. The van der Waals surface area contributed by atoms with E-state index in [9.17, 15) is 14.0 Å². The van der Waals surface area contributed by atoms with Gasteiger partial charge in [-0.3, -0.25) is 9.59 Å². The summed E-state index contributed by atoms with van der Waals surface area (Å²) in [5.74, 6) is 0.0984. The Balaban J connectivity index is 1.29. The third-order valence-electron chi connectivity index (χ3n) is 5.61. The van der Waals surface area contributed by atoms with Crippen LogP contribution in [-0.2, 0) is 19.8 Å². The first kappa shape index (κ1) is 17.7. The monoisotopic (exact) mass is 398 g/mol. The fourth-order valence-electron chi connectivity index (χ4n) is 4.23. The Hall–Kier alpha value is -3.36. The molecule has 0 radical (unpaired) electrons. The number of nitrogens with zero attached hydrogens (tertiary/aromatic N) is 3. The van der Waals surface area contributed by atoms with Gasteiger partial charge in [0.2, 0.25) is 5.76 Å². The molecule has 0 aliphatic carbocycles. The summed E-state index contributed by atoms with van der Waals surface area (Å²) < 4.78 is 25.7. The van der Waals surface area contributed by atoms with Crippen molar-refractivity contribution < 1.29 is 23.5 Å². The number of carbonyl (C=O) groups excluding carboxylic acids is 2. The van der Waals surface area contributed by atoms with Crippen molar-refractivity contribution >= 4 is 11.8 Å². The van der Waals surface area contributed by atoms with Crippen LogP contribution >= 0.6 is 0 Å². The number of carbonyl (C=O) groups is 2. The minimum Gasteiger partial charge on any atom is -0.494 e. The van der Waals surface area contributed by atoms with Crippen molar-refractivity contribution in [2.45, 2.75) is 18.0 Å². The fraction of sp³-hybridized carbons (Fsp3) is 0.350. The minimum atomic E-state index is -0.390. The van der Waals surface area contributed by atoms with Crippen LogP contribution in [0.5, 0.6) is 0 Å². The van der Waals surface area contributed by atoms with Crippen LogP contribution in [0.25, 0.3) is 0 Å². The third-order valence-corrected chi connectivity index (χ3v) is 5.61. The highest BCUT2D eigenvalue weighted by Gasteiger charge is 2.54. The maximum atomic E-state index is 13.1. The van der Waals surface area contributed by atoms with E-state index >= 15 is 0 Å². The molecule has 0 bridgehead atoms. The largest absolute Gasteiger partial charge is 0.494 e. The van der Waals surface area contributed by atoms with Gasteiger partial charge in [0.05, 0.1) is 11.6 Å². The van der Waals surface area contributed by atoms with Crippen LogP contribution in [-0.4, -0.2) is 52.6 Å². The summed E-state index contributed by atoms with van der Waals surface area (Å²) in [5, 5.41) is 2.98. The van der Waals surface area contributed by atoms with Gasteiger partial charge in [0.1, 0.15) is 31.1 Å². The Morgan fingerprint density at radius 3 is 2.72 bits per heavy atom. The molecule has 0 saturated carbocycles. The second-order valence-electron chi connectivity index (χ2n) is 7.48. The highest BCUT2D eigenvalue weighted by atomic mass is 19.1. The maximum Gasteiger partial charge on any atom is 0.292 e. The van der Waals surface area contributed by atoms with Crippen LogP contribution in [0.2, 0.25) is 0 Å². The fourth-order valence-corrected chi connectivity index (χ4v) is 4.23. The summed E-state index contributed by atoms with van der Waals surface area (Å²) in [5.41, 5.74) is 0.0791. The van der Waals surface area contributed by atoms with Gasteiger partial charge in [-0.25, -0.2) is 9.37 Å². The van der Waals surface area contributed by atoms with E-state index in [-0.39, 0.29) is 29.2 Å². The molecule has 1 atom stereocenters. The minimum absolute atomic E-state index is 0.198. The molecule has 1 aromatic carbocycles. The molecule has 4 heterocycles. The average molecular weight is 398 g/mol. The number of rotatable bonds is 3. The Kier molecular flexibility index (Phi) is 4.04. The average Bonchev–Trinajstić information content (AvgIpc) is 3.30. The number of hydrogen-bond acceptors (Lipinski definition) is 5. The lowest BCUT2D eigenvalue weighted by Crippen LogP contribution is -2.63. The molecule has 3 aliphatic rings. The smallest absolute Gasteiger partial charge is 0.292 e. The molecule has 9 heteroatoms. The van der Waals surface area contributed by atoms with E-state index in [0.717, 1.165) is 5.82 Å². The van der Waals surface area contributed by atoms with Crippen molar-refractivity contribution in [3.63, 3.8) is 0 Å². The molecule has 2 amide bonds. The highest BCUT2D eigenvalue weighted by molar-refractivity contribution is 5.94. The Labute approximate surface area is 165 Å². The lowest BCUT2D eigenvalue weighted by molar-refractivity contribution is -0.143. The number of likely N-dealkylation sites (tertiary alicyclic amines) is 1. The number of fused-ring (bicyclic) bond motifs is 2. The number of nitrogens with one attached hydrogen (secondary N) is 1. The summed E-state index contributed by atoms with van der Waals surface area (Å²) >= 11 is 0. The van der Waals surface area contributed by atoms with Gasteiger partial charge < -0.3 is 24.3 Å². The molecule has 150 valence electrons. The zero-order valence-corrected chi connectivity index (χ0v) is 15.5. The second kappa shape index (κ2) is 6.61. The van der Waals surface area contributed by atoms with Crippen molar-refractivity contribution in [3.05, 3.63) is 65.9 Å². The highest BCUT2D eigenvalue weighted by Crippen LogP contribution is 2.44. The first-order valence-electron chi connectivity index (χ1n) is 9.40. The van der Waals surface area contributed by atoms with Crippen LogP contribution in [0.15, 0.2) is 48.7 Å². The molecule has 2 aromatic rings. The van der Waals surface area contributed by atoms with E-state index in [1.54, 1.807) is 11.1 Å². The third kappa shape index (κ3) is 2.93. The molecule has 5 rings (SSSR count). The number of hydrogen-bond donors (Lipinski definition) is 1. The maximum absolute atomic E-state index is 13.1. The number of imidazole rings is 1. The van der Waals surface area contributed by atoms with E-state index in [4.69, 9.17) is 9.47 Å². The molecular weight excluding hydrogens is 379 g/mol. The second-order valence-corrected chi connectivity index (χ2v) is 7.48. The number of aromatic nitrogens is 2. The molecule has 3 aliphatic heterocycles. The topological polar surface area (TPSA) is 85.7 Å². The quantitative estimate of drug-likeness (QED) is 0.843. The zero-order valence-electron chi connectivity index (χ0n) is 15.5. The van der Waals surface area contributed by atoms with Gasteiger partial charge in [0, 0.05) is 37.5 Å². The molecule has 1 unspecified atom stereocenters. The predicted octanol–water partition coefficient (Wildman–Crippen LogP) is 1.32. The van der Waals surface area contributed by atoms with Crippen molar-refractivity contribution in [3.8, 4) is 0 Å². The first-order chi connectivity index (χ1) is 14.1. The van der Waals surface area contributed by atoms with Gasteiger partial charge in [0.25, 0.3) is 11.8 Å². The molecule has 1 aromatic heterocycles. The van der Waals surface area contributed by atoms with E-state index in [1.165, 1.54) is 30.5 Å². The predicted molar refractivity (Wildman–Crippen MR) is 98.0 cm³/mol. The normalized spacial score (nSPS) is 21.5. The van der Waals surface area contributed by atoms with Crippen LogP contribution in [0.1, 0.15) is 28.6 Å². The van der Waals surface area contributed by atoms with E-state index < -0.39 is 5.82 Å². The number of halogens is 1. The lowest BCUT2D eigenvalue weighted by atomic mass is 9.85. The van der Waals surface area contributed by atoms with Crippen LogP contribution < -0.4 is 5.32 Å². The van der Waals surface area contributed by atoms with Crippen molar-refractivity contribution in [1.29, 1.82) is 0 Å². The molecule has 1 spiro atoms. The van der Waals surface area contributed by atoms with Crippen molar-refractivity contribution in [1.82, 2.24) is 19.8 Å². The summed E-state index contributed by atoms with van der Waals surface area (Å²) in [6, 6.07) is 5.13. The summed E-state index contributed by atoms with van der Waals surface area (Å²) in [4.78, 5) is 31.2. The van der Waals surface area contributed by atoms with Gasteiger partial charge in [0.15, 0.2) is 0 Å². The van der Waals surface area contributed by atoms with E-state index in [1.807, 2.05) is 10.8 Å². The van der Waals surface area contributed by atoms with Crippen LogP contribution in [0.3, 0.4) is 0 Å².